The fourth-order valence-electron chi connectivity index (χ4n) is 2.59. The summed E-state index contributed by atoms with van der Waals surface area (Å²) in [6.45, 7) is 0. The lowest BCUT2D eigenvalue weighted by Gasteiger charge is -2.15. The molecule has 0 atom stereocenters. The van der Waals surface area contributed by atoms with Gasteiger partial charge in [-0.05, 0) is 42.0 Å². The molecular weight excluding hydrogens is 406 g/mol. The standard InChI is InChI=1S/C21H25N3O5S/c1-24(2)18(25)10-13-6-8-15(9-7-13)22-21(30)23-20(26)14-11-16(27-3)19(29-5)17(12-14)28-4/h6-9,11-12H,10H2,1-5H3,(H2,22,23,26,30). The number of nitrogens with one attached hydrogen (secondary N) is 2. The quantitative estimate of drug-likeness (QED) is 0.651. The van der Waals surface area contributed by atoms with Crippen molar-refractivity contribution in [2.45, 2.75) is 6.42 Å². The van der Waals surface area contributed by atoms with E-state index < -0.39 is 5.91 Å². The predicted octanol–water partition coefficient (Wildman–Crippen LogP) is 2.47. The average molecular weight is 432 g/mol. The van der Waals surface area contributed by atoms with Crippen LogP contribution < -0.4 is 24.8 Å². The monoisotopic (exact) mass is 431 g/mol. The van der Waals surface area contributed by atoms with Crippen LogP contribution in [0.2, 0.25) is 0 Å². The molecule has 0 heterocycles. The smallest absolute Gasteiger partial charge is 0.257 e. The van der Waals surface area contributed by atoms with E-state index in [-0.39, 0.29) is 11.0 Å². The van der Waals surface area contributed by atoms with Gasteiger partial charge in [0.05, 0.1) is 27.8 Å². The van der Waals surface area contributed by atoms with E-state index >= 15 is 0 Å². The van der Waals surface area contributed by atoms with Crippen LogP contribution >= 0.6 is 12.2 Å². The van der Waals surface area contributed by atoms with Crippen LogP contribution in [0.25, 0.3) is 0 Å². The Bertz CT molecular complexity index is 904. The molecule has 2 N–H and O–H groups in total. The Morgan fingerprint density at radius 2 is 1.53 bits per heavy atom. The zero-order chi connectivity index (χ0) is 22.3. The fourth-order valence-corrected chi connectivity index (χ4v) is 2.80. The number of rotatable bonds is 7. The van der Waals surface area contributed by atoms with E-state index in [4.69, 9.17) is 26.4 Å². The van der Waals surface area contributed by atoms with Gasteiger partial charge in [-0.2, -0.15) is 0 Å². The van der Waals surface area contributed by atoms with Gasteiger partial charge in [0.25, 0.3) is 5.91 Å². The van der Waals surface area contributed by atoms with Crippen molar-refractivity contribution in [1.29, 1.82) is 0 Å². The first kappa shape index (κ1) is 23.0. The molecule has 0 aliphatic heterocycles. The first-order valence-electron chi connectivity index (χ1n) is 9.00. The third kappa shape index (κ3) is 5.84. The minimum atomic E-state index is -0.431. The molecule has 30 heavy (non-hydrogen) atoms. The van der Waals surface area contributed by atoms with Gasteiger partial charge in [-0.15, -0.1) is 0 Å². The predicted molar refractivity (Wildman–Crippen MR) is 119 cm³/mol. The Labute approximate surface area is 181 Å². The first-order chi connectivity index (χ1) is 14.3. The van der Waals surface area contributed by atoms with Crippen molar-refractivity contribution in [3.8, 4) is 17.2 Å². The van der Waals surface area contributed by atoms with E-state index in [0.29, 0.717) is 34.9 Å². The Morgan fingerprint density at radius 3 is 2.00 bits per heavy atom. The number of thiocarbonyl (C=S) groups is 1. The molecule has 0 radical (unpaired) electrons. The molecular formula is C21H25N3O5S. The molecule has 0 saturated carbocycles. The normalized spacial score (nSPS) is 10.0. The molecule has 0 saturated heterocycles. The van der Waals surface area contributed by atoms with Crippen LogP contribution in [0.4, 0.5) is 5.69 Å². The maximum absolute atomic E-state index is 12.6. The maximum Gasteiger partial charge on any atom is 0.257 e. The van der Waals surface area contributed by atoms with Gasteiger partial charge in [0.1, 0.15) is 0 Å². The van der Waals surface area contributed by atoms with E-state index in [2.05, 4.69) is 10.6 Å². The number of anilines is 1. The lowest BCUT2D eigenvalue weighted by Crippen LogP contribution is -2.34. The van der Waals surface area contributed by atoms with Crippen molar-refractivity contribution in [3.63, 3.8) is 0 Å². The zero-order valence-corrected chi connectivity index (χ0v) is 18.4. The lowest BCUT2D eigenvalue weighted by molar-refractivity contribution is -0.127. The average Bonchev–Trinajstić information content (AvgIpc) is 2.73. The van der Waals surface area contributed by atoms with E-state index in [9.17, 15) is 9.59 Å². The lowest BCUT2D eigenvalue weighted by atomic mass is 10.1. The molecule has 2 rings (SSSR count). The molecule has 0 unspecified atom stereocenters. The zero-order valence-electron chi connectivity index (χ0n) is 17.6. The van der Waals surface area contributed by atoms with Gasteiger partial charge >= 0.3 is 0 Å². The number of hydrogen-bond donors (Lipinski definition) is 2. The summed E-state index contributed by atoms with van der Waals surface area (Å²) >= 11 is 5.23. The molecule has 0 aromatic heterocycles. The Hall–Kier alpha value is -3.33. The van der Waals surface area contributed by atoms with Crippen LogP contribution in [0, 0.1) is 0 Å². The molecule has 2 aromatic rings. The summed E-state index contributed by atoms with van der Waals surface area (Å²) in [5, 5.41) is 5.69. The second-order valence-corrected chi connectivity index (χ2v) is 6.89. The van der Waals surface area contributed by atoms with Gasteiger partial charge in [0.15, 0.2) is 16.6 Å². The van der Waals surface area contributed by atoms with Gasteiger partial charge in [-0.3, -0.25) is 14.9 Å². The third-order valence-electron chi connectivity index (χ3n) is 4.22. The molecule has 0 spiro atoms. The summed E-state index contributed by atoms with van der Waals surface area (Å²) in [6, 6.07) is 10.3. The minimum Gasteiger partial charge on any atom is -0.493 e. The number of nitrogens with zero attached hydrogens (tertiary/aromatic N) is 1. The fraction of sp³-hybridized carbons (Fsp3) is 0.286. The molecule has 0 bridgehead atoms. The van der Waals surface area contributed by atoms with Gasteiger partial charge < -0.3 is 24.4 Å². The van der Waals surface area contributed by atoms with Gasteiger partial charge in [0.2, 0.25) is 11.7 Å². The molecule has 160 valence electrons. The van der Waals surface area contributed by atoms with Crippen LogP contribution in [0.15, 0.2) is 36.4 Å². The molecule has 0 fully saturated rings. The molecule has 0 aliphatic carbocycles. The van der Waals surface area contributed by atoms with E-state index in [0.717, 1.165) is 5.56 Å². The SMILES string of the molecule is COc1cc(C(=O)NC(=S)Nc2ccc(CC(=O)N(C)C)cc2)cc(OC)c1OC. The van der Waals surface area contributed by atoms with Crippen molar-refractivity contribution in [2.24, 2.45) is 0 Å². The Morgan fingerprint density at radius 1 is 0.967 bits per heavy atom. The number of carbonyl (C=O) groups is 2. The van der Waals surface area contributed by atoms with Crippen LogP contribution in [0.5, 0.6) is 17.2 Å². The highest BCUT2D eigenvalue weighted by molar-refractivity contribution is 7.80. The largest absolute Gasteiger partial charge is 0.493 e. The van der Waals surface area contributed by atoms with Gasteiger partial charge in [-0.25, -0.2) is 0 Å². The number of hydrogen-bond acceptors (Lipinski definition) is 6. The minimum absolute atomic E-state index is 0.0174. The first-order valence-corrected chi connectivity index (χ1v) is 9.41. The second-order valence-electron chi connectivity index (χ2n) is 6.48. The topological polar surface area (TPSA) is 89.1 Å². The summed E-state index contributed by atoms with van der Waals surface area (Å²) in [5.74, 6) is 0.710. The summed E-state index contributed by atoms with van der Waals surface area (Å²) < 4.78 is 15.8. The van der Waals surface area contributed by atoms with Crippen molar-refractivity contribution < 1.29 is 23.8 Å². The second kappa shape index (κ2) is 10.4. The number of carbonyl (C=O) groups excluding carboxylic acids is 2. The number of methoxy groups -OCH3 is 3. The van der Waals surface area contributed by atoms with E-state index in [1.165, 1.54) is 33.5 Å². The summed E-state index contributed by atoms with van der Waals surface area (Å²) in [4.78, 5) is 25.9. The molecule has 9 heteroatoms. The van der Waals surface area contributed by atoms with Gasteiger partial charge in [0, 0.05) is 25.3 Å². The van der Waals surface area contributed by atoms with Crippen LogP contribution in [0.3, 0.4) is 0 Å². The molecule has 8 nitrogen and oxygen atoms in total. The number of benzene rings is 2. The summed E-state index contributed by atoms with van der Waals surface area (Å²) in [6.07, 6.45) is 0.315. The van der Waals surface area contributed by atoms with E-state index in [1.807, 2.05) is 12.1 Å². The summed E-state index contributed by atoms with van der Waals surface area (Å²) in [7, 11) is 7.86. The summed E-state index contributed by atoms with van der Waals surface area (Å²) in [5.41, 5.74) is 1.86. The molecule has 2 amide bonds. The number of ether oxygens (including phenoxy) is 3. The van der Waals surface area contributed by atoms with Crippen LogP contribution in [-0.2, 0) is 11.2 Å². The van der Waals surface area contributed by atoms with Crippen LogP contribution in [0.1, 0.15) is 15.9 Å². The highest BCUT2D eigenvalue weighted by Gasteiger charge is 2.17. The number of amides is 2. The maximum atomic E-state index is 12.6. The van der Waals surface area contributed by atoms with Crippen molar-refractivity contribution in [2.75, 3.05) is 40.7 Å². The highest BCUT2D eigenvalue weighted by atomic mass is 32.1. The molecule has 2 aromatic carbocycles. The third-order valence-corrected chi connectivity index (χ3v) is 4.42. The van der Waals surface area contributed by atoms with Gasteiger partial charge in [-0.1, -0.05) is 12.1 Å². The Balaban J connectivity index is 2.04. The van der Waals surface area contributed by atoms with Crippen molar-refractivity contribution in [3.05, 3.63) is 47.5 Å². The van der Waals surface area contributed by atoms with Crippen LogP contribution in [-0.4, -0.2) is 57.3 Å². The highest BCUT2D eigenvalue weighted by Crippen LogP contribution is 2.38. The molecule has 0 aliphatic rings. The van der Waals surface area contributed by atoms with Crippen molar-refractivity contribution in [1.82, 2.24) is 10.2 Å². The van der Waals surface area contributed by atoms with Crippen molar-refractivity contribution >= 4 is 34.8 Å². The Kier molecular flexibility index (Phi) is 7.99. The number of likely N-dealkylation sites (N-methyl/N-ethyl adjacent to an activating group) is 1. The van der Waals surface area contributed by atoms with E-state index in [1.54, 1.807) is 31.1 Å².